The fraction of sp³-hybridized carbons (Fsp3) is 0.294. The maximum absolute atomic E-state index is 12.5. The summed E-state index contributed by atoms with van der Waals surface area (Å²) >= 11 is 0. The molecular weight excluding hydrogens is 296 g/mol. The van der Waals surface area contributed by atoms with Crippen LogP contribution >= 0.6 is 0 Å². The zero-order valence-corrected chi connectivity index (χ0v) is 14.0. The van der Waals surface area contributed by atoms with Crippen molar-refractivity contribution in [2.75, 3.05) is 19.3 Å². The van der Waals surface area contributed by atoms with E-state index in [-0.39, 0.29) is 5.92 Å². The van der Waals surface area contributed by atoms with Crippen LogP contribution in [0.2, 0.25) is 0 Å². The molecule has 0 aliphatic heterocycles. The number of sulfonamides is 1. The lowest BCUT2D eigenvalue weighted by Crippen LogP contribution is -2.30. The van der Waals surface area contributed by atoms with Gasteiger partial charge in [-0.1, -0.05) is 38.1 Å². The molecule has 0 aliphatic rings. The van der Waals surface area contributed by atoms with Crippen molar-refractivity contribution in [1.29, 1.82) is 0 Å². The van der Waals surface area contributed by atoms with Crippen LogP contribution in [0.3, 0.4) is 0 Å². The highest BCUT2D eigenvalue weighted by Gasteiger charge is 2.21. The van der Waals surface area contributed by atoms with E-state index in [0.717, 1.165) is 11.1 Å². The van der Waals surface area contributed by atoms with Crippen LogP contribution in [-0.4, -0.2) is 26.3 Å². The van der Waals surface area contributed by atoms with Gasteiger partial charge in [-0.15, -0.1) is 0 Å². The number of anilines is 1. The normalized spacial score (nSPS) is 12.0. The molecule has 0 bridgehead atoms. The maximum Gasteiger partial charge on any atom is 0.242 e. The zero-order chi connectivity index (χ0) is 16.3. The van der Waals surface area contributed by atoms with Gasteiger partial charge in [-0.3, -0.25) is 0 Å². The van der Waals surface area contributed by atoms with E-state index in [1.165, 1.54) is 4.31 Å². The third kappa shape index (κ3) is 3.67. The van der Waals surface area contributed by atoms with Crippen molar-refractivity contribution in [2.24, 2.45) is 5.92 Å². The smallest absolute Gasteiger partial charge is 0.242 e. The molecule has 2 aromatic rings. The Morgan fingerprint density at radius 2 is 1.41 bits per heavy atom. The molecule has 0 atom stereocenters. The largest absolute Gasteiger partial charge is 0.399 e. The summed E-state index contributed by atoms with van der Waals surface area (Å²) in [5.74, 6) is 0.286. The average Bonchev–Trinajstić information content (AvgIpc) is 2.47. The number of benzene rings is 2. The van der Waals surface area contributed by atoms with E-state index in [1.807, 2.05) is 50.2 Å². The second-order valence-electron chi connectivity index (χ2n) is 5.83. The van der Waals surface area contributed by atoms with Gasteiger partial charge in [0.2, 0.25) is 10.0 Å². The molecule has 0 unspecified atom stereocenters. The molecule has 4 nitrogen and oxygen atoms in total. The monoisotopic (exact) mass is 318 g/mol. The second kappa shape index (κ2) is 6.50. The lowest BCUT2D eigenvalue weighted by atomic mass is 10.1. The number of nitrogen functional groups attached to an aromatic ring is 1. The highest BCUT2D eigenvalue weighted by Crippen LogP contribution is 2.23. The molecule has 0 heterocycles. The van der Waals surface area contributed by atoms with Gasteiger partial charge in [0.15, 0.2) is 0 Å². The van der Waals surface area contributed by atoms with Crippen LogP contribution in [-0.2, 0) is 10.0 Å². The van der Waals surface area contributed by atoms with Crippen LogP contribution in [0.15, 0.2) is 53.4 Å². The number of nitrogens with zero attached hydrogens (tertiary/aromatic N) is 1. The molecular formula is C17H22N2O2S. The van der Waals surface area contributed by atoms with E-state index in [2.05, 4.69) is 0 Å². The Labute approximate surface area is 132 Å². The summed E-state index contributed by atoms with van der Waals surface area (Å²) in [4.78, 5) is 0.315. The number of hydrogen-bond acceptors (Lipinski definition) is 3. The molecule has 0 aromatic heterocycles. The van der Waals surface area contributed by atoms with Gasteiger partial charge in [0, 0.05) is 19.3 Å². The molecule has 0 aliphatic carbocycles. The van der Waals surface area contributed by atoms with Crippen LogP contribution in [0, 0.1) is 5.92 Å². The van der Waals surface area contributed by atoms with Gasteiger partial charge in [-0.25, -0.2) is 12.7 Å². The Balaban J connectivity index is 2.26. The Morgan fingerprint density at radius 1 is 0.955 bits per heavy atom. The van der Waals surface area contributed by atoms with Crippen molar-refractivity contribution in [3.05, 3.63) is 48.5 Å². The van der Waals surface area contributed by atoms with Crippen molar-refractivity contribution in [3.8, 4) is 11.1 Å². The fourth-order valence-electron chi connectivity index (χ4n) is 2.29. The van der Waals surface area contributed by atoms with E-state index >= 15 is 0 Å². The van der Waals surface area contributed by atoms with Crippen molar-refractivity contribution in [3.63, 3.8) is 0 Å². The van der Waals surface area contributed by atoms with Crippen LogP contribution in [0.1, 0.15) is 13.8 Å². The van der Waals surface area contributed by atoms with Gasteiger partial charge in [0.25, 0.3) is 0 Å². The molecule has 2 N–H and O–H groups in total. The van der Waals surface area contributed by atoms with Crippen molar-refractivity contribution < 1.29 is 8.42 Å². The Kier molecular flexibility index (Phi) is 4.88. The minimum Gasteiger partial charge on any atom is -0.399 e. The molecule has 0 radical (unpaired) electrons. The molecule has 2 aromatic carbocycles. The van der Waals surface area contributed by atoms with E-state index in [0.29, 0.717) is 17.1 Å². The summed E-state index contributed by atoms with van der Waals surface area (Å²) in [6.45, 7) is 4.49. The lowest BCUT2D eigenvalue weighted by molar-refractivity contribution is 0.417. The van der Waals surface area contributed by atoms with Crippen LogP contribution in [0.25, 0.3) is 11.1 Å². The molecule has 0 fully saturated rings. The van der Waals surface area contributed by atoms with Crippen LogP contribution < -0.4 is 5.73 Å². The molecule has 2 rings (SSSR count). The highest BCUT2D eigenvalue weighted by molar-refractivity contribution is 7.89. The topological polar surface area (TPSA) is 63.4 Å². The first-order valence-corrected chi connectivity index (χ1v) is 8.67. The maximum atomic E-state index is 12.5. The second-order valence-corrected chi connectivity index (χ2v) is 7.87. The van der Waals surface area contributed by atoms with Gasteiger partial charge in [0.1, 0.15) is 0 Å². The molecule has 118 valence electrons. The van der Waals surface area contributed by atoms with Gasteiger partial charge >= 0.3 is 0 Å². The van der Waals surface area contributed by atoms with Gasteiger partial charge in [-0.05, 0) is 41.3 Å². The number of hydrogen-bond donors (Lipinski definition) is 1. The molecule has 0 saturated carbocycles. The predicted octanol–water partition coefficient (Wildman–Crippen LogP) is 3.21. The lowest BCUT2D eigenvalue weighted by Gasteiger charge is -2.19. The van der Waals surface area contributed by atoms with E-state index in [9.17, 15) is 8.42 Å². The summed E-state index contributed by atoms with van der Waals surface area (Å²) in [5.41, 5.74) is 8.35. The predicted molar refractivity (Wildman–Crippen MR) is 90.9 cm³/mol. The van der Waals surface area contributed by atoms with Crippen molar-refractivity contribution >= 4 is 15.7 Å². The van der Waals surface area contributed by atoms with E-state index in [4.69, 9.17) is 5.73 Å². The molecule has 0 amide bonds. The minimum atomic E-state index is -3.43. The summed E-state index contributed by atoms with van der Waals surface area (Å²) in [5, 5.41) is 0. The third-order valence-electron chi connectivity index (χ3n) is 3.43. The number of nitrogens with two attached hydrogens (primary N) is 1. The van der Waals surface area contributed by atoms with Gasteiger partial charge in [-0.2, -0.15) is 0 Å². The number of rotatable bonds is 5. The fourth-order valence-corrected chi connectivity index (χ4v) is 3.62. The zero-order valence-electron chi connectivity index (χ0n) is 13.2. The third-order valence-corrected chi connectivity index (χ3v) is 5.27. The molecule has 0 saturated heterocycles. The minimum absolute atomic E-state index is 0.286. The van der Waals surface area contributed by atoms with E-state index < -0.39 is 10.0 Å². The van der Waals surface area contributed by atoms with Crippen molar-refractivity contribution in [2.45, 2.75) is 18.7 Å². The molecule has 22 heavy (non-hydrogen) atoms. The summed E-state index contributed by atoms with van der Waals surface area (Å²) in [6.07, 6.45) is 0. The first-order valence-electron chi connectivity index (χ1n) is 7.23. The first-order chi connectivity index (χ1) is 10.3. The SMILES string of the molecule is CC(C)CN(C)S(=O)(=O)c1ccc(-c2ccc(N)cc2)cc1. The summed E-state index contributed by atoms with van der Waals surface area (Å²) in [7, 11) is -1.81. The average molecular weight is 318 g/mol. The first kappa shape index (κ1) is 16.5. The summed E-state index contributed by atoms with van der Waals surface area (Å²) < 4.78 is 26.3. The summed E-state index contributed by atoms with van der Waals surface area (Å²) in [6, 6.07) is 14.4. The Bertz CT molecular complexity index is 720. The Hall–Kier alpha value is -1.85. The molecule has 5 heteroatoms. The van der Waals surface area contributed by atoms with Crippen LogP contribution in [0.5, 0.6) is 0 Å². The van der Waals surface area contributed by atoms with Crippen LogP contribution in [0.4, 0.5) is 5.69 Å². The Morgan fingerprint density at radius 3 is 1.86 bits per heavy atom. The van der Waals surface area contributed by atoms with E-state index in [1.54, 1.807) is 19.2 Å². The van der Waals surface area contributed by atoms with Gasteiger partial charge in [0.05, 0.1) is 4.90 Å². The van der Waals surface area contributed by atoms with Gasteiger partial charge < -0.3 is 5.73 Å². The quantitative estimate of drug-likeness (QED) is 0.861. The van der Waals surface area contributed by atoms with Crippen molar-refractivity contribution in [1.82, 2.24) is 4.31 Å². The standard InChI is InChI=1S/C17H22N2O2S/c1-13(2)12-19(3)22(20,21)17-10-6-15(7-11-17)14-4-8-16(18)9-5-14/h4-11,13H,12,18H2,1-3H3. The highest BCUT2D eigenvalue weighted by atomic mass is 32.2. The molecule has 0 spiro atoms.